The maximum absolute atomic E-state index is 11.4. The van der Waals surface area contributed by atoms with Crippen molar-refractivity contribution in [2.75, 3.05) is 30.5 Å². The Labute approximate surface area is 111 Å². The van der Waals surface area contributed by atoms with Crippen LogP contribution in [0.4, 0.5) is 5.82 Å². The van der Waals surface area contributed by atoms with Crippen LogP contribution in [0.15, 0.2) is 6.07 Å². The summed E-state index contributed by atoms with van der Waals surface area (Å²) in [5, 5.41) is 3.27. The van der Waals surface area contributed by atoms with Crippen LogP contribution >= 0.6 is 11.8 Å². The van der Waals surface area contributed by atoms with E-state index >= 15 is 0 Å². The molecule has 2 rings (SSSR count). The van der Waals surface area contributed by atoms with Crippen molar-refractivity contribution in [2.24, 2.45) is 5.92 Å². The highest BCUT2D eigenvalue weighted by Crippen LogP contribution is 2.23. The van der Waals surface area contributed by atoms with Gasteiger partial charge in [0.1, 0.15) is 5.82 Å². The molecule has 0 aliphatic carbocycles. The molecule has 1 aromatic heterocycles. The summed E-state index contributed by atoms with van der Waals surface area (Å²) < 4.78 is 4.63. The standard InChI is InChI=1S/C12H17N3O2S/c1-8-5-10(13-6-9-3-4-18-7-9)15-11(14-8)12(16)17-2/h5,9H,3-4,6-7H2,1-2H3,(H,13,14,15). The van der Waals surface area contributed by atoms with Crippen LogP contribution in [0, 0.1) is 12.8 Å². The number of aryl methyl sites for hydroxylation is 1. The lowest BCUT2D eigenvalue weighted by Crippen LogP contribution is -2.16. The van der Waals surface area contributed by atoms with E-state index in [0.717, 1.165) is 12.2 Å². The van der Waals surface area contributed by atoms with Crippen LogP contribution in [0.5, 0.6) is 0 Å². The van der Waals surface area contributed by atoms with Crippen molar-refractivity contribution in [2.45, 2.75) is 13.3 Å². The molecule has 0 spiro atoms. The highest BCUT2D eigenvalue weighted by atomic mass is 32.2. The Bertz CT molecular complexity index is 433. The number of anilines is 1. The monoisotopic (exact) mass is 267 g/mol. The Balaban J connectivity index is 2.02. The fourth-order valence-corrected chi connectivity index (χ4v) is 3.12. The van der Waals surface area contributed by atoms with E-state index in [2.05, 4.69) is 20.0 Å². The number of hydrogen-bond donors (Lipinski definition) is 1. The Kier molecular flexibility index (Phi) is 4.41. The lowest BCUT2D eigenvalue weighted by Gasteiger charge is -2.11. The molecule has 1 aromatic rings. The molecular weight excluding hydrogens is 250 g/mol. The summed E-state index contributed by atoms with van der Waals surface area (Å²) in [6.07, 6.45) is 1.24. The van der Waals surface area contributed by atoms with Gasteiger partial charge in [0.15, 0.2) is 0 Å². The molecule has 0 radical (unpaired) electrons. The second-order valence-corrected chi connectivity index (χ2v) is 5.47. The first-order chi connectivity index (χ1) is 8.69. The predicted octanol–water partition coefficient (Wildman–Crippen LogP) is 1.74. The average Bonchev–Trinajstić information content (AvgIpc) is 2.88. The van der Waals surface area contributed by atoms with Gasteiger partial charge in [-0.25, -0.2) is 14.8 Å². The molecule has 1 aliphatic heterocycles. The topological polar surface area (TPSA) is 64.1 Å². The highest BCUT2D eigenvalue weighted by Gasteiger charge is 2.16. The summed E-state index contributed by atoms with van der Waals surface area (Å²) in [6, 6.07) is 1.84. The van der Waals surface area contributed by atoms with Gasteiger partial charge >= 0.3 is 5.97 Å². The van der Waals surface area contributed by atoms with Gasteiger partial charge in [-0.3, -0.25) is 0 Å². The van der Waals surface area contributed by atoms with E-state index in [4.69, 9.17) is 0 Å². The molecule has 1 saturated heterocycles. The molecule has 18 heavy (non-hydrogen) atoms. The SMILES string of the molecule is COC(=O)c1nc(C)cc(NCC2CCSC2)n1. The lowest BCUT2D eigenvalue weighted by molar-refractivity contribution is 0.0586. The van der Waals surface area contributed by atoms with E-state index in [1.165, 1.54) is 25.0 Å². The summed E-state index contributed by atoms with van der Waals surface area (Å²) in [7, 11) is 1.33. The zero-order valence-electron chi connectivity index (χ0n) is 10.6. The van der Waals surface area contributed by atoms with Gasteiger partial charge in [0.25, 0.3) is 0 Å². The minimum Gasteiger partial charge on any atom is -0.463 e. The molecule has 0 aromatic carbocycles. The van der Waals surface area contributed by atoms with E-state index in [1.807, 2.05) is 24.8 Å². The van der Waals surface area contributed by atoms with Crippen molar-refractivity contribution in [1.29, 1.82) is 0 Å². The van der Waals surface area contributed by atoms with Gasteiger partial charge in [0.2, 0.25) is 5.82 Å². The van der Waals surface area contributed by atoms with E-state index in [1.54, 1.807) is 0 Å². The fourth-order valence-electron chi connectivity index (χ4n) is 1.83. The van der Waals surface area contributed by atoms with Crippen LogP contribution in [0.1, 0.15) is 22.7 Å². The number of thioether (sulfide) groups is 1. The van der Waals surface area contributed by atoms with Gasteiger partial charge in [0.05, 0.1) is 7.11 Å². The third kappa shape index (κ3) is 3.35. The maximum atomic E-state index is 11.4. The van der Waals surface area contributed by atoms with Crippen LogP contribution in [0.3, 0.4) is 0 Å². The van der Waals surface area contributed by atoms with Gasteiger partial charge in [-0.05, 0) is 30.8 Å². The molecule has 1 atom stereocenters. The number of nitrogens with one attached hydrogen (secondary N) is 1. The van der Waals surface area contributed by atoms with Crippen LogP contribution in [0.25, 0.3) is 0 Å². The molecule has 1 aliphatic rings. The molecular formula is C12H17N3O2S. The Morgan fingerprint density at radius 2 is 2.44 bits per heavy atom. The molecule has 1 unspecified atom stereocenters. The largest absolute Gasteiger partial charge is 0.463 e. The average molecular weight is 267 g/mol. The molecule has 0 amide bonds. The minimum atomic E-state index is -0.502. The van der Waals surface area contributed by atoms with Gasteiger partial charge in [-0.15, -0.1) is 0 Å². The molecule has 1 fully saturated rings. The maximum Gasteiger partial charge on any atom is 0.376 e. The van der Waals surface area contributed by atoms with Crippen LogP contribution < -0.4 is 5.32 Å². The normalized spacial score (nSPS) is 18.7. The van der Waals surface area contributed by atoms with E-state index in [9.17, 15) is 4.79 Å². The first kappa shape index (κ1) is 13.1. The van der Waals surface area contributed by atoms with Gasteiger partial charge in [-0.1, -0.05) is 0 Å². The number of methoxy groups -OCH3 is 1. The molecule has 1 N–H and O–H groups in total. The van der Waals surface area contributed by atoms with Gasteiger partial charge in [-0.2, -0.15) is 11.8 Å². The highest BCUT2D eigenvalue weighted by molar-refractivity contribution is 7.99. The van der Waals surface area contributed by atoms with E-state index in [0.29, 0.717) is 11.7 Å². The number of carbonyl (C=O) groups is 1. The number of esters is 1. The molecule has 0 saturated carbocycles. The Morgan fingerprint density at radius 3 is 3.11 bits per heavy atom. The first-order valence-corrected chi connectivity index (χ1v) is 7.10. The predicted molar refractivity (Wildman–Crippen MR) is 72.0 cm³/mol. The van der Waals surface area contributed by atoms with Crippen molar-refractivity contribution in [3.05, 3.63) is 17.6 Å². The summed E-state index contributed by atoms with van der Waals surface area (Å²) in [4.78, 5) is 19.6. The minimum absolute atomic E-state index is 0.112. The lowest BCUT2D eigenvalue weighted by atomic mass is 10.1. The van der Waals surface area contributed by atoms with Crippen molar-refractivity contribution >= 4 is 23.5 Å². The van der Waals surface area contributed by atoms with Crippen molar-refractivity contribution in [1.82, 2.24) is 9.97 Å². The number of nitrogens with zero attached hydrogens (tertiary/aromatic N) is 2. The third-order valence-electron chi connectivity index (χ3n) is 2.82. The second kappa shape index (κ2) is 6.04. The van der Waals surface area contributed by atoms with Crippen LogP contribution in [-0.2, 0) is 4.74 Å². The zero-order valence-corrected chi connectivity index (χ0v) is 11.4. The van der Waals surface area contributed by atoms with Crippen molar-refractivity contribution < 1.29 is 9.53 Å². The molecule has 98 valence electrons. The van der Waals surface area contributed by atoms with Gasteiger partial charge in [0, 0.05) is 18.3 Å². The summed E-state index contributed by atoms with van der Waals surface area (Å²) in [5.41, 5.74) is 0.758. The molecule has 5 nitrogen and oxygen atoms in total. The number of ether oxygens (including phenoxy) is 1. The molecule has 6 heteroatoms. The fraction of sp³-hybridized carbons (Fsp3) is 0.583. The van der Waals surface area contributed by atoms with E-state index < -0.39 is 5.97 Å². The van der Waals surface area contributed by atoms with Gasteiger partial charge < -0.3 is 10.1 Å². The van der Waals surface area contributed by atoms with Crippen molar-refractivity contribution in [3.63, 3.8) is 0 Å². The Morgan fingerprint density at radius 1 is 1.61 bits per heavy atom. The number of carbonyl (C=O) groups excluding carboxylic acids is 1. The third-order valence-corrected chi connectivity index (χ3v) is 4.05. The summed E-state index contributed by atoms with van der Waals surface area (Å²) in [6.45, 7) is 2.73. The van der Waals surface area contributed by atoms with E-state index in [-0.39, 0.29) is 5.82 Å². The van der Waals surface area contributed by atoms with Crippen LogP contribution in [0.2, 0.25) is 0 Å². The summed E-state index contributed by atoms with van der Waals surface area (Å²) in [5.74, 6) is 3.43. The molecule has 0 bridgehead atoms. The van der Waals surface area contributed by atoms with Crippen LogP contribution in [-0.4, -0.2) is 41.1 Å². The second-order valence-electron chi connectivity index (χ2n) is 4.32. The smallest absolute Gasteiger partial charge is 0.376 e. The first-order valence-electron chi connectivity index (χ1n) is 5.94. The number of hydrogen-bond acceptors (Lipinski definition) is 6. The number of rotatable bonds is 4. The zero-order chi connectivity index (χ0) is 13.0. The van der Waals surface area contributed by atoms with Crippen molar-refractivity contribution in [3.8, 4) is 0 Å². The Hall–Kier alpha value is -1.30. The quantitative estimate of drug-likeness (QED) is 0.838. The number of aromatic nitrogens is 2. The molecule has 2 heterocycles. The summed E-state index contributed by atoms with van der Waals surface area (Å²) >= 11 is 1.99.